The molecule has 1 aromatic rings. The number of hydrogen-bond donors (Lipinski definition) is 1. The number of ether oxygens (including phenoxy) is 2. The van der Waals surface area contributed by atoms with Gasteiger partial charge < -0.3 is 14.8 Å². The molecule has 0 aliphatic carbocycles. The Hall–Kier alpha value is -2.02. The van der Waals surface area contributed by atoms with Crippen molar-refractivity contribution in [3.8, 4) is 0 Å². The van der Waals surface area contributed by atoms with Gasteiger partial charge >= 0.3 is 11.9 Å². The molecule has 0 radical (unpaired) electrons. The van der Waals surface area contributed by atoms with Crippen molar-refractivity contribution in [2.75, 3.05) is 19.8 Å². The minimum atomic E-state index is -0.377. The molecule has 2 rings (SSSR count). The van der Waals surface area contributed by atoms with Crippen molar-refractivity contribution in [2.24, 2.45) is 0 Å². The summed E-state index contributed by atoms with van der Waals surface area (Å²) in [7, 11) is 0. The van der Waals surface area contributed by atoms with Crippen molar-refractivity contribution in [1.82, 2.24) is 5.32 Å². The van der Waals surface area contributed by atoms with Gasteiger partial charge in [-0.25, -0.2) is 0 Å². The number of amides is 1. The average molecular weight is 351 g/mol. The molecule has 0 saturated carbocycles. The lowest BCUT2D eigenvalue weighted by Crippen LogP contribution is -2.31. The fourth-order valence-electron chi connectivity index (χ4n) is 2.29. The molecule has 0 spiro atoms. The van der Waals surface area contributed by atoms with E-state index in [9.17, 15) is 14.4 Å². The van der Waals surface area contributed by atoms with Crippen LogP contribution in [-0.2, 0) is 30.3 Å². The van der Waals surface area contributed by atoms with Gasteiger partial charge in [0.25, 0.3) is 5.91 Å². The van der Waals surface area contributed by atoms with Gasteiger partial charge in [0.05, 0.1) is 6.61 Å². The number of rotatable bonds is 8. The Labute approximate surface area is 145 Å². The molecule has 6 nitrogen and oxygen atoms in total. The van der Waals surface area contributed by atoms with E-state index in [1.807, 2.05) is 24.3 Å². The van der Waals surface area contributed by atoms with Crippen LogP contribution < -0.4 is 5.32 Å². The maximum absolute atomic E-state index is 12.0. The summed E-state index contributed by atoms with van der Waals surface area (Å²) >= 11 is 1.47. The minimum Gasteiger partial charge on any atom is -0.466 e. The van der Waals surface area contributed by atoms with E-state index in [0.717, 1.165) is 10.5 Å². The number of esters is 2. The fourth-order valence-corrected chi connectivity index (χ4v) is 3.48. The van der Waals surface area contributed by atoms with Crippen LogP contribution in [0.3, 0.4) is 0 Å². The molecule has 1 atom stereocenters. The molecule has 7 heteroatoms. The molecule has 24 heavy (non-hydrogen) atoms. The minimum absolute atomic E-state index is 0.255. The van der Waals surface area contributed by atoms with Gasteiger partial charge in [0.15, 0.2) is 6.61 Å². The van der Waals surface area contributed by atoms with E-state index in [0.29, 0.717) is 26.0 Å². The van der Waals surface area contributed by atoms with E-state index in [-0.39, 0.29) is 36.1 Å². The lowest BCUT2D eigenvalue weighted by Gasteiger charge is -2.09. The molecule has 1 aliphatic rings. The van der Waals surface area contributed by atoms with Gasteiger partial charge in [0.1, 0.15) is 5.25 Å². The number of hydrogen-bond acceptors (Lipinski definition) is 6. The SMILES string of the molecule is CCOC(=O)CCCNC(=O)COC(=O)C1Cc2ccccc2S1. The third kappa shape index (κ3) is 5.56. The van der Waals surface area contributed by atoms with Crippen LogP contribution in [0, 0.1) is 0 Å². The van der Waals surface area contributed by atoms with Crippen LogP contribution in [-0.4, -0.2) is 42.9 Å². The van der Waals surface area contributed by atoms with Crippen LogP contribution in [0.2, 0.25) is 0 Å². The molecule has 0 aromatic heterocycles. The number of carbonyl (C=O) groups is 3. The van der Waals surface area contributed by atoms with E-state index in [1.54, 1.807) is 6.92 Å². The number of benzene rings is 1. The van der Waals surface area contributed by atoms with E-state index in [2.05, 4.69) is 5.32 Å². The Balaban J connectivity index is 1.60. The van der Waals surface area contributed by atoms with Gasteiger partial charge in [-0.3, -0.25) is 14.4 Å². The average Bonchev–Trinajstić information content (AvgIpc) is 3.01. The standard InChI is InChI=1S/C17H21NO5S/c1-2-22-16(20)8-5-9-18-15(19)11-23-17(21)14-10-12-6-3-4-7-13(12)24-14/h3-4,6-7,14H,2,5,8-11H2,1H3,(H,18,19). The zero-order valence-electron chi connectivity index (χ0n) is 13.6. The molecular weight excluding hydrogens is 330 g/mol. The highest BCUT2D eigenvalue weighted by atomic mass is 32.2. The molecule has 1 unspecified atom stereocenters. The van der Waals surface area contributed by atoms with Crippen LogP contribution >= 0.6 is 11.8 Å². The van der Waals surface area contributed by atoms with Gasteiger partial charge in [-0.15, -0.1) is 11.8 Å². The molecule has 1 heterocycles. The summed E-state index contributed by atoms with van der Waals surface area (Å²) in [4.78, 5) is 35.9. The molecule has 1 N–H and O–H groups in total. The fraction of sp³-hybridized carbons (Fsp3) is 0.471. The summed E-state index contributed by atoms with van der Waals surface area (Å²) in [5.74, 6) is -1.03. The summed E-state index contributed by atoms with van der Waals surface area (Å²) in [5.41, 5.74) is 1.13. The largest absolute Gasteiger partial charge is 0.466 e. The lowest BCUT2D eigenvalue weighted by molar-refractivity contribution is -0.147. The van der Waals surface area contributed by atoms with Gasteiger partial charge in [-0.05, 0) is 31.4 Å². The number of thioether (sulfide) groups is 1. The van der Waals surface area contributed by atoms with Gasteiger partial charge in [-0.1, -0.05) is 18.2 Å². The predicted octanol–water partition coefficient (Wildman–Crippen LogP) is 1.71. The Kier molecular flexibility index (Phi) is 7.11. The topological polar surface area (TPSA) is 81.7 Å². The van der Waals surface area contributed by atoms with Crippen molar-refractivity contribution in [1.29, 1.82) is 0 Å². The van der Waals surface area contributed by atoms with Gasteiger partial charge in [0.2, 0.25) is 0 Å². The predicted molar refractivity (Wildman–Crippen MR) is 89.6 cm³/mol. The number of nitrogens with one attached hydrogen (secondary N) is 1. The van der Waals surface area contributed by atoms with Gasteiger partial charge in [0, 0.05) is 17.9 Å². The second-order valence-corrected chi connectivity index (χ2v) is 6.53. The van der Waals surface area contributed by atoms with Crippen LogP contribution in [0.15, 0.2) is 29.2 Å². The zero-order chi connectivity index (χ0) is 17.4. The summed E-state index contributed by atoms with van der Waals surface area (Å²) in [6, 6.07) is 7.84. The Morgan fingerprint density at radius 3 is 2.79 bits per heavy atom. The number of carbonyl (C=O) groups excluding carboxylic acids is 3. The highest BCUT2D eigenvalue weighted by Crippen LogP contribution is 2.37. The zero-order valence-corrected chi connectivity index (χ0v) is 14.4. The van der Waals surface area contributed by atoms with E-state index in [1.165, 1.54) is 11.8 Å². The summed E-state index contributed by atoms with van der Waals surface area (Å²) in [6.07, 6.45) is 1.37. The maximum atomic E-state index is 12.0. The summed E-state index contributed by atoms with van der Waals surface area (Å²) in [5, 5.41) is 2.32. The Morgan fingerprint density at radius 2 is 2.04 bits per heavy atom. The molecule has 1 aliphatic heterocycles. The van der Waals surface area contributed by atoms with E-state index < -0.39 is 0 Å². The van der Waals surface area contributed by atoms with Crippen molar-refractivity contribution < 1.29 is 23.9 Å². The molecule has 1 amide bonds. The highest BCUT2D eigenvalue weighted by Gasteiger charge is 2.29. The maximum Gasteiger partial charge on any atom is 0.320 e. The second-order valence-electron chi connectivity index (χ2n) is 5.28. The summed E-state index contributed by atoms with van der Waals surface area (Å²) in [6.45, 7) is 2.14. The van der Waals surface area contributed by atoms with Crippen molar-refractivity contribution in [2.45, 2.75) is 36.3 Å². The first-order chi connectivity index (χ1) is 11.6. The molecule has 130 valence electrons. The molecular formula is C17H21NO5S. The van der Waals surface area contributed by atoms with Crippen LogP contribution in [0.4, 0.5) is 0 Å². The number of fused-ring (bicyclic) bond motifs is 1. The Bertz CT molecular complexity index is 579. The Morgan fingerprint density at radius 1 is 1.25 bits per heavy atom. The second kappa shape index (κ2) is 9.32. The van der Waals surface area contributed by atoms with E-state index in [4.69, 9.17) is 9.47 Å². The van der Waals surface area contributed by atoms with E-state index >= 15 is 0 Å². The van der Waals surface area contributed by atoms with Crippen molar-refractivity contribution >= 4 is 29.6 Å². The normalized spacial score (nSPS) is 15.5. The third-order valence-corrected chi connectivity index (χ3v) is 4.74. The molecule has 0 bridgehead atoms. The smallest absolute Gasteiger partial charge is 0.320 e. The lowest BCUT2D eigenvalue weighted by atomic mass is 10.1. The van der Waals surface area contributed by atoms with Crippen molar-refractivity contribution in [3.05, 3.63) is 29.8 Å². The van der Waals surface area contributed by atoms with Crippen LogP contribution in [0.5, 0.6) is 0 Å². The molecule has 0 fully saturated rings. The molecule has 1 aromatic carbocycles. The first kappa shape index (κ1) is 18.3. The quantitative estimate of drug-likeness (QED) is 0.567. The monoisotopic (exact) mass is 351 g/mol. The van der Waals surface area contributed by atoms with Gasteiger partial charge in [-0.2, -0.15) is 0 Å². The van der Waals surface area contributed by atoms with Crippen LogP contribution in [0.1, 0.15) is 25.3 Å². The third-order valence-electron chi connectivity index (χ3n) is 3.44. The van der Waals surface area contributed by atoms with Crippen molar-refractivity contribution in [3.63, 3.8) is 0 Å². The highest BCUT2D eigenvalue weighted by molar-refractivity contribution is 8.01. The molecule has 0 saturated heterocycles. The first-order valence-electron chi connectivity index (χ1n) is 7.93. The summed E-state index contributed by atoms with van der Waals surface area (Å²) < 4.78 is 9.86. The first-order valence-corrected chi connectivity index (χ1v) is 8.81. The van der Waals surface area contributed by atoms with Crippen LogP contribution in [0.25, 0.3) is 0 Å².